The Kier molecular flexibility index (Phi) is 3.93. The Morgan fingerprint density at radius 1 is 1.78 bits per heavy atom. The summed E-state index contributed by atoms with van der Waals surface area (Å²) in [6, 6.07) is 0. The molecule has 0 heterocycles. The maximum atomic E-state index is 5.21. The lowest BCUT2D eigenvalue weighted by Crippen LogP contribution is -2.11. The van der Waals surface area contributed by atoms with Gasteiger partial charge in [0.15, 0.2) is 5.88 Å². The molecule has 0 radical (unpaired) electrons. The zero-order valence-electron chi connectivity index (χ0n) is 6.18. The van der Waals surface area contributed by atoms with Gasteiger partial charge in [0.1, 0.15) is 0 Å². The monoisotopic (exact) mass is 129 g/mol. The van der Waals surface area contributed by atoms with Crippen molar-refractivity contribution < 1.29 is 4.74 Å². The van der Waals surface area contributed by atoms with E-state index in [-0.39, 0.29) is 6.10 Å². The van der Waals surface area contributed by atoms with Gasteiger partial charge in [-0.2, -0.15) is 0 Å². The summed E-state index contributed by atoms with van der Waals surface area (Å²) in [7, 11) is 0. The first kappa shape index (κ1) is 8.34. The fourth-order valence-corrected chi connectivity index (χ4v) is 0.724. The van der Waals surface area contributed by atoms with Crippen LogP contribution in [0.4, 0.5) is 0 Å². The van der Waals surface area contributed by atoms with Crippen LogP contribution < -0.4 is 5.73 Å². The molecule has 9 heavy (non-hydrogen) atoms. The van der Waals surface area contributed by atoms with Crippen molar-refractivity contribution in [1.82, 2.24) is 0 Å². The summed E-state index contributed by atoms with van der Waals surface area (Å²) in [6.45, 7) is 7.53. The predicted molar refractivity (Wildman–Crippen MR) is 38.8 cm³/mol. The van der Waals surface area contributed by atoms with E-state index in [1.54, 1.807) is 0 Å². The minimum absolute atomic E-state index is 0.215. The van der Waals surface area contributed by atoms with Crippen LogP contribution in [0, 0.1) is 0 Å². The number of rotatable bonds is 4. The van der Waals surface area contributed by atoms with E-state index < -0.39 is 0 Å². The van der Waals surface area contributed by atoms with Crippen LogP contribution >= 0.6 is 0 Å². The normalized spacial score (nSPS) is 12.7. The molecular formula is C7H15NO. The van der Waals surface area contributed by atoms with Crippen LogP contribution in [0.3, 0.4) is 0 Å². The first-order valence-electron chi connectivity index (χ1n) is 3.27. The zero-order valence-corrected chi connectivity index (χ0v) is 6.18. The van der Waals surface area contributed by atoms with Crippen LogP contribution in [0.5, 0.6) is 0 Å². The van der Waals surface area contributed by atoms with Crippen LogP contribution in [0.25, 0.3) is 0 Å². The molecular weight excluding hydrogens is 114 g/mol. The molecule has 54 valence electrons. The second-order valence-corrected chi connectivity index (χ2v) is 2.18. The molecule has 2 N–H and O–H groups in total. The molecule has 0 amide bonds. The smallest absolute Gasteiger partial charge is 0.176 e. The number of ether oxygens (including phenoxy) is 1. The highest BCUT2D eigenvalue weighted by atomic mass is 16.5. The first-order chi connectivity index (χ1) is 4.16. The molecule has 0 saturated heterocycles. The number of hydrogen-bond donors (Lipinski definition) is 1. The molecule has 1 unspecified atom stereocenters. The molecule has 0 aromatic carbocycles. The molecule has 2 nitrogen and oxygen atoms in total. The van der Waals surface area contributed by atoms with Gasteiger partial charge in [0.25, 0.3) is 0 Å². The van der Waals surface area contributed by atoms with Gasteiger partial charge in [-0.15, -0.1) is 0 Å². The summed E-state index contributed by atoms with van der Waals surface area (Å²) in [6.07, 6.45) is 2.37. The van der Waals surface area contributed by atoms with Crippen molar-refractivity contribution in [3.63, 3.8) is 0 Å². The molecule has 0 aromatic heterocycles. The van der Waals surface area contributed by atoms with Gasteiger partial charge in [-0.05, 0) is 19.9 Å². The summed E-state index contributed by atoms with van der Waals surface area (Å²) < 4.78 is 5.07. The van der Waals surface area contributed by atoms with E-state index in [9.17, 15) is 0 Å². The predicted octanol–water partition coefficient (Wildman–Crippen LogP) is 1.62. The molecule has 1 atom stereocenters. The third kappa shape index (κ3) is 5.21. The van der Waals surface area contributed by atoms with E-state index in [0.717, 1.165) is 12.8 Å². The van der Waals surface area contributed by atoms with Gasteiger partial charge in [0.05, 0.1) is 6.10 Å². The topological polar surface area (TPSA) is 35.2 Å². The Morgan fingerprint density at radius 3 is 2.67 bits per heavy atom. The summed E-state index contributed by atoms with van der Waals surface area (Å²) in [5.74, 6) is 0.316. The average Bonchev–Trinajstić information content (AvgIpc) is 1.63. The second kappa shape index (κ2) is 4.24. The van der Waals surface area contributed by atoms with Gasteiger partial charge >= 0.3 is 0 Å². The summed E-state index contributed by atoms with van der Waals surface area (Å²) in [5, 5.41) is 0. The standard InChI is InChI=1S/C7H15NO/c1-4-5-6(2)9-7(3)8/h6H,3-5,8H2,1-2H3. The molecule has 0 aliphatic heterocycles. The van der Waals surface area contributed by atoms with Crippen molar-refractivity contribution in [3.8, 4) is 0 Å². The maximum Gasteiger partial charge on any atom is 0.176 e. The lowest BCUT2D eigenvalue weighted by molar-refractivity contribution is 0.122. The first-order valence-corrected chi connectivity index (χ1v) is 3.27. The quantitative estimate of drug-likeness (QED) is 0.585. The summed E-state index contributed by atoms with van der Waals surface area (Å²) in [5.41, 5.74) is 5.21. The summed E-state index contributed by atoms with van der Waals surface area (Å²) in [4.78, 5) is 0. The van der Waals surface area contributed by atoms with Crippen LogP contribution in [0.2, 0.25) is 0 Å². The Hall–Kier alpha value is -0.660. The van der Waals surface area contributed by atoms with Gasteiger partial charge < -0.3 is 10.5 Å². The molecule has 0 spiro atoms. The van der Waals surface area contributed by atoms with Crippen LogP contribution in [-0.2, 0) is 4.74 Å². The van der Waals surface area contributed by atoms with E-state index in [2.05, 4.69) is 13.5 Å². The fraction of sp³-hybridized carbons (Fsp3) is 0.714. The number of hydrogen-bond acceptors (Lipinski definition) is 2. The van der Waals surface area contributed by atoms with Crippen molar-refractivity contribution in [2.45, 2.75) is 32.8 Å². The number of nitrogens with two attached hydrogens (primary N) is 1. The maximum absolute atomic E-state index is 5.21. The SMILES string of the molecule is C=C(N)OC(C)CCC. The minimum atomic E-state index is 0.215. The van der Waals surface area contributed by atoms with E-state index in [0.29, 0.717) is 5.88 Å². The van der Waals surface area contributed by atoms with E-state index in [1.165, 1.54) is 0 Å². The van der Waals surface area contributed by atoms with E-state index in [1.807, 2.05) is 6.92 Å². The van der Waals surface area contributed by atoms with Crippen molar-refractivity contribution in [2.75, 3.05) is 0 Å². The zero-order chi connectivity index (χ0) is 7.28. The molecule has 0 aliphatic carbocycles. The lowest BCUT2D eigenvalue weighted by Gasteiger charge is -2.11. The third-order valence-electron chi connectivity index (χ3n) is 1.05. The third-order valence-corrected chi connectivity index (χ3v) is 1.05. The molecule has 0 bridgehead atoms. The molecule has 0 saturated carbocycles. The molecule has 2 heteroatoms. The largest absolute Gasteiger partial charge is 0.477 e. The van der Waals surface area contributed by atoms with Gasteiger partial charge in [0.2, 0.25) is 0 Å². The van der Waals surface area contributed by atoms with Crippen molar-refractivity contribution in [1.29, 1.82) is 0 Å². The Balaban J connectivity index is 3.26. The average molecular weight is 129 g/mol. The summed E-state index contributed by atoms with van der Waals surface area (Å²) >= 11 is 0. The van der Waals surface area contributed by atoms with E-state index >= 15 is 0 Å². The molecule has 0 fully saturated rings. The molecule has 0 aliphatic rings. The van der Waals surface area contributed by atoms with Crippen LogP contribution in [-0.4, -0.2) is 6.10 Å². The molecule has 0 rings (SSSR count). The van der Waals surface area contributed by atoms with Crippen molar-refractivity contribution in [3.05, 3.63) is 12.5 Å². The molecule has 0 aromatic rings. The highest BCUT2D eigenvalue weighted by Gasteiger charge is 1.98. The highest BCUT2D eigenvalue weighted by molar-refractivity contribution is 4.73. The van der Waals surface area contributed by atoms with Crippen LogP contribution in [0.1, 0.15) is 26.7 Å². The van der Waals surface area contributed by atoms with Gasteiger partial charge in [-0.1, -0.05) is 13.3 Å². The minimum Gasteiger partial charge on any atom is -0.477 e. The second-order valence-electron chi connectivity index (χ2n) is 2.18. The van der Waals surface area contributed by atoms with Gasteiger partial charge in [-0.25, -0.2) is 0 Å². The fourth-order valence-electron chi connectivity index (χ4n) is 0.724. The van der Waals surface area contributed by atoms with Gasteiger partial charge in [-0.3, -0.25) is 0 Å². The Bertz CT molecular complexity index is 90.9. The Labute approximate surface area is 56.7 Å². The van der Waals surface area contributed by atoms with Gasteiger partial charge in [0, 0.05) is 0 Å². The van der Waals surface area contributed by atoms with Crippen molar-refractivity contribution in [2.24, 2.45) is 5.73 Å². The van der Waals surface area contributed by atoms with Crippen LogP contribution in [0.15, 0.2) is 12.5 Å². The van der Waals surface area contributed by atoms with E-state index in [4.69, 9.17) is 10.5 Å². The Morgan fingerprint density at radius 2 is 2.33 bits per heavy atom. The lowest BCUT2D eigenvalue weighted by atomic mass is 10.2. The highest BCUT2D eigenvalue weighted by Crippen LogP contribution is 2.01. The van der Waals surface area contributed by atoms with Crippen molar-refractivity contribution >= 4 is 0 Å².